The summed E-state index contributed by atoms with van der Waals surface area (Å²) in [5.74, 6) is 0.760. The Kier molecular flexibility index (Phi) is 6.15. The molecule has 0 N–H and O–H groups in total. The summed E-state index contributed by atoms with van der Waals surface area (Å²) in [5.41, 5.74) is 1.11. The van der Waals surface area contributed by atoms with Gasteiger partial charge < -0.3 is 4.90 Å². The maximum absolute atomic E-state index is 13.3. The van der Waals surface area contributed by atoms with Crippen molar-refractivity contribution in [2.24, 2.45) is 0 Å². The fraction of sp³-hybridized carbons (Fsp3) is 0.429. The van der Waals surface area contributed by atoms with Crippen LogP contribution in [0.5, 0.6) is 0 Å². The molecule has 3 heterocycles. The fourth-order valence-electron chi connectivity index (χ4n) is 3.81. The molecule has 0 aliphatic carbocycles. The van der Waals surface area contributed by atoms with Gasteiger partial charge in [0.05, 0.1) is 17.9 Å². The van der Waals surface area contributed by atoms with E-state index in [1.165, 1.54) is 11.8 Å². The number of nitrogens with zero attached hydrogens (tertiary/aromatic N) is 5. The van der Waals surface area contributed by atoms with Gasteiger partial charge in [-0.2, -0.15) is 5.10 Å². The molecule has 0 saturated heterocycles. The summed E-state index contributed by atoms with van der Waals surface area (Å²) in [6, 6.07) is 7.09. The van der Waals surface area contributed by atoms with Crippen molar-refractivity contribution < 1.29 is 4.79 Å². The van der Waals surface area contributed by atoms with Crippen molar-refractivity contribution >= 4 is 40.3 Å². The van der Waals surface area contributed by atoms with Crippen LogP contribution >= 0.6 is 23.4 Å². The zero-order chi connectivity index (χ0) is 21.3. The minimum atomic E-state index is -0.187. The first kappa shape index (κ1) is 20.9. The minimum absolute atomic E-state index is 0.0961. The molecule has 1 aromatic carbocycles. The molecule has 1 aliphatic heterocycles. The van der Waals surface area contributed by atoms with E-state index in [1.807, 2.05) is 17.0 Å². The lowest BCUT2D eigenvalue weighted by molar-refractivity contribution is -0.132. The fourth-order valence-corrected chi connectivity index (χ4v) is 5.12. The average Bonchev–Trinajstić information content (AvgIpc) is 3.33. The Morgan fingerprint density at radius 1 is 1.30 bits per heavy atom. The Hall–Kier alpha value is -2.32. The number of aromatic nitrogens is 4. The van der Waals surface area contributed by atoms with Crippen LogP contribution in [0.3, 0.4) is 0 Å². The van der Waals surface area contributed by atoms with Gasteiger partial charge >= 0.3 is 0 Å². The van der Waals surface area contributed by atoms with Gasteiger partial charge in [0.1, 0.15) is 5.39 Å². The number of amides is 1. The quantitative estimate of drug-likeness (QED) is 0.515. The smallest absolute Gasteiger partial charge is 0.265 e. The largest absolute Gasteiger partial charge is 0.343 e. The Morgan fingerprint density at radius 3 is 2.77 bits per heavy atom. The first-order valence-electron chi connectivity index (χ1n) is 10.2. The van der Waals surface area contributed by atoms with Gasteiger partial charge in [-0.3, -0.25) is 14.2 Å². The highest BCUT2D eigenvalue weighted by molar-refractivity contribution is 7.99. The molecule has 9 heteroatoms. The zero-order valence-electron chi connectivity index (χ0n) is 17.0. The van der Waals surface area contributed by atoms with Crippen molar-refractivity contribution in [2.45, 2.75) is 44.3 Å². The predicted octanol–water partition coefficient (Wildman–Crippen LogP) is 3.92. The minimum Gasteiger partial charge on any atom is -0.343 e. The van der Waals surface area contributed by atoms with Crippen molar-refractivity contribution in [3.8, 4) is 5.69 Å². The summed E-state index contributed by atoms with van der Waals surface area (Å²) in [7, 11) is 0. The van der Waals surface area contributed by atoms with E-state index in [4.69, 9.17) is 16.6 Å². The number of fused-ring (bicyclic) bond motifs is 2. The van der Waals surface area contributed by atoms with Gasteiger partial charge in [0, 0.05) is 30.3 Å². The van der Waals surface area contributed by atoms with Gasteiger partial charge in [0.2, 0.25) is 5.91 Å². The van der Waals surface area contributed by atoms with Crippen LogP contribution in [0.4, 0.5) is 0 Å². The highest BCUT2D eigenvalue weighted by atomic mass is 35.5. The number of halogens is 1. The maximum Gasteiger partial charge on any atom is 0.265 e. The third-order valence-electron chi connectivity index (χ3n) is 5.17. The second kappa shape index (κ2) is 8.81. The van der Waals surface area contributed by atoms with Crippen molar-refractivity contribution in [1.29, 1.82) is 0 Å². The monoisotopic (exact) mass is 445 g/mol. The molecule has 0 saturated carbocycles. The highest BCUT2D eigenvalue weighted by Crippen LogP contribution is 2.34. The first-order chi connectivity index (χ1) is 14.5. The zero-order valence-corrected chi connectivity index (χ0v) is 18.6. The summed E-state index contributed by atoms with van der Waals surface area (Å²) in [6.07, 6.45) is 3.70. The third kappa shape index (κ3) is 3.86. The number of carbonyl (C=O) groups is 1. The summed E-state index contributed by atoms with van der Waals surface area (Å²) in [6.45, 7) is 5.63. The van der Waals surface area contributed by atoms with E-state index >= 15 is 0 Å². The molecule has 0 bridgehead atoms. The molecule has 3 aromatic rings. The molecule has 1 unspecified atom stereocenters. The van der Waals surface area contributed by atoms with Gasteiger partial charge in [-0.15, -0.1) is 0 Å². The Morgan fingerprint density at radius 2 is 2.07 bits per heavy atom. The molecular formula is C21H24ClN5O2S. The highest BCUT2D eigenvalue weighted by Gasteiger charge is 2.30. The van der Waals surface area contributed by atoms with Crippen molar-refractivity contribution in [1.82, 2.24) is 24.2 Å². The van der Waals surface area contributed by atoms with E-state index in [0.717, 1.165) is 31.6 Å². The second-order valence-corrected chi connectivity index (χ2v) is 8.82. The van der Waals surface area contributed by atoms with Crippen LogP contribution < -0.4 is 5.56 Å². The normalized spacial score (nSPS) is 15.5. The predicted molar refractivity (Wildman–Crippen MR) is 120 cm³/mol. The van der Waals surface area contributed by atoms with Gasteiger partial charge in [-0.1, -0.05) is 43.3 Å². The molecule has 0 fully saturated rings. The van der Waals surface area contributed by atoms with Gasteiger partial charge in [0.15, 0.2) is 10.8 Å². The molecule has 30 heavy (non-hydrogen) atoms. The topological polar surface area (TPSA) is 73.0 Å². The molecule has 2 aromatic heterocycles. The van der Waals surface area contributed by atoms with E-state index in [2.05, 4.69) is 18.9 Å². The Balaban J connectivity index is 1.68. The average molecular weight is 446 g/mol. The number of carbonyl (C=O) groups excluding carboxylic acids is 1. The van der Waals surface area contributed by atoms with Crippen molar-refractivity contribution in [3.05, 3.63) is 45.8 Å². The Labute approximate surface area is 184 Å². The summed E-state index contributed by atoms with van der Waals surface area (Å²) >= 11 is 7.62. The maximum atomic E-state index is 13.3. The standard InChI is InChI=1S/C21H24ClN5O2S/c1-3-8-25(9-4-2)18(28)11-16-13-30-21-24-19-17(20(29)26(16)21)12-23-27(19)15-7-5-6-14(22)10-15/h5-7,10,12,16H,3-4,8-9,11,13H2,1-2H3. The molecule has 1 aliphatic rings. The van der Waals surface area contributed by atoms with Crippen molar-refractivity contribution in [3.63, 3.8) is 0 Å². The number of hydrogen-bond donors (Lipinski definition) is 0. The van der Waals surface area contributed by atoms with E-state index < -0.39 is 0 Å². The van der Waals surface area contributed by atoms with Crippen LogP contribution in [0.2, 0.25) is 5.02 Å². The van der Waals surface area contributed by atoms with Gasteiger partial charge in [0.25, 0.3) is 5.56 Å². The van der Waals surface area contributed by atoms with Gasteiger partial charge in [-0.05, 0) is 31.0 Å². The number of hydrogen-bond acceptors (Lipinski definition) is 5. The van der Waals surface area contributed by atoms with Gasteiger partial charge in [-0.25, -0.2) is 9.67 Å². The summed E-state index contributed by atoms with van der Waals surface area (Å²) < 4.78 is 3.30. The SMILES string of the molecule is CCCN(CCC)C(=O)CC1CSc2nc3c(cnn3-c3cccc(Cl)c3)c(=O)n21. The molecule has 4 rings (SSSR count). The lowest BCUT2D eigenvalue weighted by Crippen LogP contribution is -2.35. The molecule has 7 nitrogen and oxygen atoms in total. The van der Waals surface area contributed by atoms with Crippen LogP contribution in [0.15, 0.2) is 40.4 Å². The van der Waals surface area contributed by atoms with E-state index in [9.17, 15) is 9.59 Å². The number of benzene rings is 1. The van der Waals surface area contributed by atoms with E-state index in [-0.39, 0.29) is 17.5 Å². The summed E-state index contributed by atoms with van der Waals surface area (Å²) in [4.78, 5) is 32.7. The molecular weight excluding hydrogens is 422 g/mol. The van der Waals surface area contributed by atoms with Crippen LogP contribution in [0.1, 0.15) is 39.2 Å². The number of thioether (sulfide) groups is 1. The Bertz CT molecular complexity index is 1140. The lowest BCUT2D eigenvalue weighted by atomic mass is 10.2. The molecule has 1 atom stereocenters. The van der Waals surface area contributed by atoms with Crippen LogP contribution in [0.25, 0.3) is 16.7 Å². The number of rotatable bonds is 7. The third-order valence-corrected chi connectivity index (χ3v) is 6.51. The van der Waals surface area contributed by atoms with E-state index in [0.29, 0.717) is 33.4 Å². The van der Waals surface area contributed by atoms with Crippen LogP contribution in [-0.4, -0.2) is 49.0 Å². The van der Waals surface area contributed by atoms with Crippen LogP contribution in [0, 0.1) is 0 Å². The van der Waals surface area contributed by atoms with Crippen molar-refractivity contribution in [2.75, 3.05) is 18.8 Å². The molecule has 0 radical (unpaired) electrons. The van der Waals surface area contributed by atoms with Crippen LogP contribution in [-0.2, 0) is 4.79 Å². The first-order valence-corrected chi connectivity index (χ1v) is 11.6. The lowest BCUT2D eigenvalue weighted by Gasteiger charge is -2.23. The summed E-state index contributed by atoms with van der Waals surface area (Å²) in [5, 5.41) is 6.03. The second-order valence-electron chi connectivity index (χ2n) is 7.39. The molecule has 0 spiro atoms. The van der Waals surface area contributed by atoms with E-state index in [1.54, 1.807) is 27.6 Å². The molecule has 1 amide bonds. The molecule has 158 valence electrons.